The summed E-state index contributed by atoms with van der Waals surface area (Å²) in [6.07, 6.45) is -1.92. The van der Waals surface area contributed by atoms with Crippen LogP contribution < -0.4 is 14.2 Å². The minimum Gasteiger partial charge on any atom is -0.508 e. The number of rotatable bonds is 7. The van der Waals surface area contributed by atoms with E-state index in [9.17, 15) is 55.9 Å². The van der Waals surface area contributed by atoms with E-state index >= 15 is 0 Å². The number of phenols is 10. The van der Waals surface area contributed by atoms with Gasteiger partial charge in [-0.2, -0.15) is 0 Å². The van der Waals surface area contributed by atoms with Crippen LogP contribution in [0.3, 0.4) is 0 Å². The molecule has 0 amide bonds. The van der Waals surface area contributed by atoms with Gasteiger partial charge in [0.15, 0.2) is 0 Å². The van der Waals surface area contributed by atoms with Crippen LogP contribution in [0.25, 0.3) is 0 Å². The Morgan fingerprint density at radius 3 is 1.37 bits per heavy atom. The molecule has 9 aromatic carbocycles. The number of carbonyl (C=O) groups excluding carboxylic acids is 1. The quantitative estimate of drug-likeness (QED) is 0.0527. The summed E-state index contributed by atoms with van der Waals surface area (Å²) in [6.45, 7) is 0. The predicted octanol–water partition coefficient (Wildman–Crippen LogP) is 11.9. The summed E-state index contributed by atoms with van der Waals surface area (Å²) >= 11 is 0. The first-order valence-corrected chi connectivity index (χ1v) is 25.8. The van der Waals surface area contributed by atoms with Crippen LogP contribution in [0.15, 0.2) is 164 Å². The molecule has 0 fully saturated rings. The lowest BCUT2D eigenvalue weighted by Crippen LogP contribution is -2.24. The molecule has 0 aromatic heterocycles. The van der Waals surface area contributed by atoms with Crippen LogP contribution in [-0.4, -0.2) is 57.0 Å². The van der Waals surface area contributed by atoms with E-state index in [2.05, 4.69) is 0 Å². The molecule has 14 rings (SSSR count). The van der Waals surface area contributed by atoms with E-state index < -0.39 is 59.6 Å². The lowest BCUT2D eigenvalue weighted by atomic mass is 9.68. The molecule has 0 saturated carbocycles. The first-order valence-electron chi connectivity index (χ1n) is 25.8. The summed E-state index contributed by atoms with van der Waals surface area (Å²) in [7, 11) is 0. The monoisotopic (exact) mass is 1050 g/mol. The van der Waals surface area contributed by atoms with Crippen molar-refractivity contribution < 1.29 is 70.1 Å². The van der Waals surface area contributed by atoms with Crippen LogP contribution >= 0.6 is 0 Å². The van der Waals surface area contributed by atoms with Crippen molar-refractivity contribution in [1.82, 2.24) is 0 Å². The maximum atomic E-state index is 14.7. The molecular formula is C65H48O14. The van der Waals surface area contributed by atoms with Crippen molar-refractivity contribution in [2.24, 2.45) is 0 Å². The lowest BCUT2D eigenvalue weighted by Gasteiger charge is -2.35. The van der Waals surface area contributed by atoms with Crippen molar-refractivity contribution >= 4 is 5.97 Å². The summed E-state index contributed by atoms with van der Waals surface area (Å²) in [5, 5.41) is 113. The van der Waals surface area contributed by atoms with Gasteiger partial charge in [0.05, 0.1) is 18.3 Å². The molecule has 392 valence electrons. The average Bonchev–Trinajstić information content (AvgIpc) is 2.63. The van der Waals surface area contributed by atoms with Crippen LogP contribution in [0.1, 0.15) is 138 Å². The van der Waals surface area contributed by atoms with Gasteiger partial charge in [-0.3, -0.25) is 4.79 Å². The molecule has 14 nitrogen and oxygen atoms in total. The minimum absolute atomic E-state index is 0.00691. The second-order valence-corrected chi connectivity index (χ2v) is 21.2. The van der Waals surface area contributed by atoms with Crippen molar-refractivity contribution in [3.8, 4) is 74.7 Å². The Morgan fingerprint density at radius 2 is 0.797 bits per heavy atom. The van der Waals surface area contributed by atoms with Crippen molar-refractivity contribution in [2.75, 3.05) is 0 Å². The Labute approximate surface area is 450 Å². The van der Waals surface area contributed by atoms with E-state index in [-0.39, 0.29) is 75.4 Å². The minimum atomic E-state index is -0.944. The molecule has 9 aromatic rings. The first-order chi connectivity index (χ1) is 38.2. The van der Waals surface area contributed by atoms with Gasteiger partial charge in [0.25, 0.3) is 0 Å². The maximum Gasteiger partial charge on any atom is 0.312 e. The van der Waals surface area contributed by atoms with E-state index in [4.69, 9.17) is 14.2 Å². The molecule has 0 spiro atoms. The fourth-order valence-corrected chi connectivity index (χ4v) is 13.9. The van der Waals surface area contributed by atoms with Crippen molar-refractivity contribution in [3.63, 3.8) is 0 Å². The van der Waals surface area contributed by atoms with Crippen molar-refractivity contribution in [2.45, 2.75) is 60.1 Å². The first kappa shape index (κ1) is 47.5. The summed E-state index contributed by atoms with van der Waals surface area (Å²) in [4.78, 5) is 14.7. The molecule has 5 aliphatic rings. The van der Waals surface area contributed by atoms with Crippen molar-refractivity contribution in [3.05, 3.63) is 242 Å². The van der Waals surface area contributed by atoms with E-state index in [1.807, 2.05) is 12.1 Å². The van der Waals surface area contributed by atoms with Crippen LogP contribution in [-0.2, 0) is 4.79 Å². The second-order valence-electron chi connectivity index (χ2n) is 21.2. The van der Waals surface area contributed by atoms with Gasteiger partial charge < -0.3 is 65.3 Å². The van der Waals surface area contributed by atoms with E-state index in [1.54, 1.807) is 109 Å². The highest BCUT2D eigenvalue weighted by molar-refractivity contribution is 5.85. The summed E-state index contributed by atoms with van der Waals surface area (Å²) in [5.41, 5.74) is 8.07. The molecule has 3 aliphatic heterocycles. The van der Waals surface area contributed by atoms with Gasteiger partial charge in [-0.1, -0.05) is 60.7 Å². The average molecular weight is 1050 g/mol. The van der Waals surface area contributed by atoms with Crippen molar-refractivity contribution in [1.29, 1.82) is 0 Å². The van der Waals surface area contributed by atoms with E-state index in [0.717, 1.165) is 0 Å². The number of carbonyl (C=O) groups is 1. The van der Waals surface area contributed by atoms with Crippen LogP contribution in [0.5, 0.6) is 74.7 Å². The van der Waals surface area contributed by atoms with Crippen LogP contribution in [0, 0.1) is 0 Å². The molecule has 0 radical (unpaired) electrons. The number of hydrogen-bond donors (Lipinski definition) is 10. The summed E-state index contributed by atoms with van der Waals surface area (Å²) in [5.74, 6) is -6.61. The number of phenolic OH excluding ortho intramolecular Hbond substituents is 10. The number of hydrogen-bond acceptors (Lipinski definition) is 14. The Hall–Kier alpha value is -9.95. The van der Waals surface area contributed by atoms with Crippen LogP contribution in [0.2, 0.25) is 0 Å². The smallest absolute Gasteiger partial charge is 0.312 e. The zero-order valence-electron chi connectivity index (χ0n) is 41.6. The molecule has 0 saturated heterocycles. The van der Waals surface area contributed by atoms with E-state index in [1.165, 1.54) is 42.5 Å². The highest BCUT2D eigenvalue weighted by Gasteiger charge is 2.59. The van der Waals surface area contributed by atoms with Gasteiger partial charge in [0.2, 0.25) is 0 Å². The zero-order chi connectivity index (χ0) is 54.3. The van der Waals surface area contributed by atoms with Crippen LogP contribution in [0.4, 0.5) is 0 Å². The SMILES string of the molecule is O=C1CC(c2ccc(O)cc2)c2c3c4c5c(c2O1)C(c1cc(O)cc2c1C(c1cc(O)cc(O)c1)C(c1ccc(O)cc1)O2)C(c1ccc(O)cc1)C5C(c1ccc(O)cc1)c1c(O)cc(O)cc1C4C(c1ccc(O)cc1)O3. The molecule has 10 N–H and O–H groups in total. The van der Waals surface area contributed by atoms with Gasteiger partial charge in [0, 0.05) is 75.6 Å². The second kappa shape index (κ2) is 17.5. The molecule has 2 aliphatic carbocycles. The molecule has 9 atom stereocenters. The standard InChI is InChI=1S/C65H48O14/c66-35-11-1-29(2-12-35)44-28-49(76)78-64-57(44)65-61-56(63(79-65)33-9-19-39(70)20-10-33)45-24-42(73)26-47(75)53(45)50(30-3-13-36(67)14-4-30)58-51(31-5-15-37(68)16-6-31)55(60(64)59(58)61)46-25-43(74)27-48-54(46)52(34-21-40(71)23-41(72)22-34)62(77-48)32-7-17-38(69)18-8-32/h1-27,44,50-52,55-56,58,62-63,66-75H,28H2. The largest absolute Gasteiger partial charge is 0.508 e. The Balaban J connectivity index is 1.17. The number of aromatic hydroxyl groups is 10. The molecule has 79 heavy (non-hydrogen) atoms. The van der Waals surface area contributed by atoms with Gasteiger partial charge >= 0.3 is 5.97 Å². The fourth-order valence-electron chi connectivity index (χ4n) is 13.9. The highest BCUT2D eigenvalue weighted by atomic mass is 16.5. The summed E-state index contributed by atoms with van der Waals surface area (Å²) < 4.78 is 21.1. The third-order valence-electron chi connectivity index (χ3n) is 16.8. The van der Waals surface area contributed by atoms with Gasteiger partial charge in [-0.25, -0.2) is 0 Å². The van der Waals surface area contributed by atoms with Gasteiger partial charge in [0.1, 0.15) is 87.0 Å². The highest BCUT2D eigenvalue weighted by Crippen LogP contribution is 2.74. The third-order valence-corrected chi connectivity index (χ3v) is 16.8. The molecular weight excluding hydrogens is 1000 g/mol. The molecule has 0 bridgehead atoms. The van der Waals surface area contributed by atoms with Gasteiger partial charge in [-0.05, 0) is 135 Å². The predicted molar refractivity (Wildman–Crippen MR) is 286 cm³/mol. The number of ether oxygens (including phenoxy) is 3. The number of benzene rings is 9. The van der Waals surface area contributed by atoms with Gasteiger partial charge in [-0.15, -0.1) is 0 Å². The normalized spacial score (nSPS) is 22.8. The number of fused-ring (bicyclic) bond motifs is 6. The molecule has 3 heterocycles. The molecule has 9 unspecified atom stereocenters. The third kappa shape index (κ3) is 7.42. The zero-order valence-corrected chi connectivity index (χ0v) is 41.6. The Morgan fingerprint density at radius 1 is 0.329 bits per heavy atom. The molecule has 14 heteroatoms. The summed E-state index contributed by atoms with van der Waals surface area (Å²) in [6, 6.07) is 43.5. The fraction of sp³-hybridized carbons (Fsp3) is 0.154. The van der Waals surface area contributed by atoms with E-state index in [0.29, 0.717) is 83.6 Å². The number of esters is 1. The lowest BCUT2D eigenvalue weighted by molar-refractivity contribution is -0.135. The maximum absolute atomic E-state index is 14.7. The Kier molecular flexibility index (Phi) is 10.5. The Bertz CT molecular complexity index is 3950. The topological polar surface area (TPSA) is 247 Å².